The zero-order chi connectivity index (χ0) is 25.9. The molecule has 4 aromatic rings. The van der Waals surface area contributed by atoms with Crippen LogP contribution in [0.3, 0.4) is 0 Å². The molecule has 0 saturated carbocycles. The minimum Gasteiger partial charge on any atom is -0.497 e. The normalized spacial score (nSPS) is 18.7. The molecule has 1 atom stereocenters. The first-order chi connectivity index (χ1) is 17.8. The highest BCUT2D eigenvalue weighted by Crippen LogP contribution is 2.45. The van der Waals surface area contributed by atoms with E-state index in [-0.39, 0.29) is 17.8 Å². The fourth-order valence-electron chi connectivity index (χ4n) is 5.38. The third kappa shape index (κ3) is 3.40. The molecule has 8 heteroatoms. The van der Waals surface area contributed by atoms with Crippen LogP contribution in [-0.2, 0) is 16.8 Å². The summed E-state index contributed by atoms with van der Waals surface area (Å²) in [5, 5.41) is 3.86. The number of hydrogen-bond acceptors (Lipinski definition) is 4. The van der Waals surface area contributed by atoms with Crippen molar-refractivity contribution in [1.29, 1.82) is 0 Å². The van der Waals surface area contributed by atoms with Gasteiger partial charge in [-0.1, -0.05) is 17.7 Å². The fourth-order valence-corrected chi connectivity index (χ4v) is 5.38. The average molecular weight is 495 g/mol. The molecule has 2 aliphatic rings. The molecule has 2 aliphatic heterocycles. The molecule has 0 aliphatic carbocycles. The molecular weight excluding hydrogens is 468 g/mol. The molecule has 4 amide bonds. The lowest BCUT2D eigenvalue weighted by Crippen LogP contribution is -2.49. The van der Waals surface area contributed by atoms with Crippen molar-refractivity contribution < 1.29 is 19.1 Å². The number of anilines is 2. The van der Waals surface area contributed by atoms with Gasteiger partial charge in [-0.25, -0.2) is 9.69 Å². The first-order valence-corrected chi connectivity index (χ1v) is 12.1. The van der Waals surface area contributed by atoms with Gasteiger partial charge in [-0.05, 0) is 80.4 Å². The van der Waals surface area contributed by atoms with E-state index in [1.807, 2.05) is 49.4 Å². The summed E-state index contributed by atoms with van der Waals surface area (Å²) in [4.78, 5) is 46.3. The second-order valence-corrected chi connectivity index (χ2v) is 9.65. The summed E-state index contributed by atoms with van der Waals surface area (Å²) in [6.07, 6.45) is 0.628. The Morgan fingerprint density at radius 1 is 1.03 bits per heavy atom. The standard InChI is InChI=1S/C29H26N4O4/c1-17-4-8-19(9-5-17)30-26(34)18-6-10-20(11-7-18)33-27(35)29(2)25-22(14-15-32(29)28(33)36)23-16-21(37-3)12-13-24(23)31-25/h4-13,16,31H,14-15H2,1-3H3,(H,30,34). The molecule has 2 N–H and O–H groups in total. The highest BCUT2D eigenvalue weighted by atomic mass is 16.5. The molecule has 3 aromatic carbocycles. The summed E-state index contributed by atoms with van der Waals surface area (Å²) in [5.74, 6) is 0.148. The van der Waals surface area contributed by atoms with Gasteiger partial charge in [-0.15, -0.1) is 0 Å². The number of aromatic nitrogens is 1. The number of aryl methyl sites for hydroxylation is 1. The number of nitrogens with zero attached hydrogens (tertiary/aromatic N) is 2. The Hall–Kier alpha value is -4.59. The first kappa shape index (κ1) is 22.8. The van der Waals surface area contributed by atoms with E-state index in [4.69, 9.17) is 4.74 Å². The lowest BCUT2D eigenvalue weighted by molar-refractivity contribution is -0.125. The number of imide groups is 1. The second-order valence-electron chi connectivity index (χ2n) is 9.65. The number of benzene rings is 3. The van der Waals surface area contributed by atoms with Crippen LogP contribution >= 0.6 is 0 Å². The van der Waals surface area contributed by atoms with Crippen molar-refractivity contribution in [1.82, 2.24) is 9.88 Å². The largest absolute Gasteiger partial charge is 0.497 e. The predicted molar refractivity (Wildman–Crippen MR) is 141 cm³/mol. The third-order valence-electron chi connectivity index (χ3n) is 7.46. The highest BCUT2D eigenvalue weighted by molar-refractivity contribution is 6.23. The topological polar surface area (TPSA) is 94.7 Å². The summed E-state index contributed by atoms with van der Waals surface area (Å²) in [7, 11) is 1.62. The molecule has 0 spiro atoms. The van der Waals surface area contributed by atoms with Crippen LogP contribution in [0.2, 0.25) is 0 Å². The number of H-pyrrole nitrogens is 1. The van der Waals surface area contributed by atoms with Crippen molar-refractivity contribution in [2.24, 2.45) is 0 Å². The molecule has 0 radical (unpaired) electrons. The van der Waals surface area contributed by atoms with Gasteiger partial charge in [0.05, 0.1) is 18.5 Å². The Morgan fingerprint density at radius 2 is 1.76 bits per heavy atom. The van der Waals surface area contributed by atoms with Crippen LogP contribution in [0.25, 0.3) is 10.9 Å². The molecule has 8 nitrogen and oxygen atoms in total. The van der Waals surface area contributed by atoms with Gasteiger partial charge in [0, 0.05) is 28.7 Å². The van der Waals surface area contributed by atoms with Crippen molar-refractivity contribution in [2.75, 3.05) is 23.9 Å². The number of aromatic amines is 1. The summed E-state index contributed by atoms with van der Waals surface area (Å²) in [6.45, 7) is 4.20. The van der Waals surface area contributed by atoms with Crippen LogP contribution in [0, 0.1) is 6.92 Å². The van der Waals surface area contributed by atoms with Crippen LogP contribution in [0.4, 0.5) is 16.2 Å². The minimum atomic E-state index is -1.15. The molecular formula is C29H26N4O4. The van der Waals surface area contributed by atoms with Crippen molar-refractivity contribution in [3.05, 3.63) is 89.1 Å². The second kappa shape index (κ2) is 8.23. The lowest BCUT2D eigenvalue weighted by atomic mass is 9.87. The molecule has 6 rings (SSSR count). The zero-order valence-electron chi connectivity index (χ0n) is 20.8. The predicted octanol–water partition coefficient (Wildman–Crippen LogP) is 4.98. The number of ether oxygens (including phenoxy) is 1. The van der Waals surface area contributed by atoms with Crippen molar-refractivity contribution in [3.63, 3.8) is 0 Å². The molecule has 1 aromatic heterocycles. The summed E-state index contributed by atoms with van der Waals surface area (Å²) < 4.78 is 5.39. The molecule has 1 unspecified atom stereocenters. The SMILES string of the molecule is COc1ccc2[nH]c3c(c2c1)CCN1C(=O)N(c2ccc(C(=O)Nc4ccc(C)cc4)cc2)C(=O)C31C. The molecule has 3 heterocycles. The number of carbonyl (C=O) groups excluding carboxylic acids is 3. The number of urea groups is 1. The number of methoxy groups -OCH3 is 1. The van der Waals surface area contributed by atoms with Crippen molar-refractivity contribution in [2.45, 2.75) is 25.8 Å². The van der Waals surface area contributed by atoms with E-state index in [9.17, 15) is 14.4 Å². The van der Waals surface area contributed by atoms with E-state index in [1.54, 1.807) is 43.2 Å². The Balaban J connectivity index is 1.30. The molecule has 0 bridgehead atoms. The van der Waals surface area contributed by atoms with Crippen LogP contribution in [0.1, 0.15) is 34.1 Å². The van der Waals surface area contributed by atoms with Crippen LogP contribution in [0.15, 0.2) is 66.7 Å². The molecule has 37 heavy (non-hydrogen) atoms. The highest BCUT2D eigenvalue weighted by Gasteiger charge is 2.59. The van der Waals surface area contributed by atoms with Crippen LogP contribution in [-0.4, -0.2) is 41.4 Å². The van der Waals surface area contributed by atoms with Gasteiger partial charge in [0.1, 0.15) is 5.75 Å². The smallest absolute Gasteiger partial charge is 0.332 e. The van der Waals surface area contributed by atoms with Crippen LogP contribution in [0.5, 0.6) is 5.75 Å². The molecule has 1 saturated heterocycles. The number of hydrogen-bond donors (Lipinski definition) is 2. The third-order valence-corrected chi connectivity index (χ3v) is 7.46. The van der Waals surface area contributed by atoms with Crippen molar-refractivity contribution in [3.8, 4) is 5.75 Å². The van der Waals surface area contributed by atoms with Gasteiger partial charge >= 0.3 is 6.03 Å². The van der Waals surface area contributed by atoms with Gasteiger partial charge in [0.2, 0.25) is 0 Å². The Labute approximate surface area is 213 Å². The first-order valence-electron chi connectivity index (χ1n) is 12.1. The average Bonchev–Trinajstić information content (AvgIpc) is 3.38. The lowest BCUT2D eigenvalue weighted by Gasteiger charge is -2.35. The van der Waals surface area contributed by atoms with Gasteiger partial charge in [0.25, 0.3) is 11.8 Å². The fraction of sp³-hybridized carbons (Fsp3) is 0.207. The minimum absolute atomic E-state index is 0.267. The Morgan fingerprint density at radius 3 is 2.46 bits per heavy atom. The summed E-state index contributed by atoms with van der Waals surface area (Å²) in [5.41, 5.74) is 4.16. The maximum atomic E-state index is 13.9. The monoisotopic (exact) mass is 494 g/mol. The summed E-state index contributed by atoms with van der Waals surface area (Å²) >= 11 is 0. The van der Waals surface area contributed by atoms with Gasteiger partial charge in [-0.2, -0.15) is 0 Å². The number of nitrogens with one attached hydrogen (secondary N) is 2. The van der Waals surface area contributed by atoms with E-state index < -0.39 is 5.54 Å². The number of fused-ring (bicyclic) bond motifs is 5. The van der Waals surface area contributed by atoms with E-state index in [2.05, 4.69) is 10.3 Å². The number of carbonyl (C=O) groups is 3. The van der Waals surface area contributed by atoms with E-state index >= 15 is 0 Å². The maximum Gasteiger partial charge on any atom is 0.332 e. The molecule has 1 fully saturated rings. The number of rotatable bonds is 4. The van der Waals surface area contributed by atoms with Crippen molar-refractivity contribution >= 4 is 40.1 Å². The quantitative estimate of drug-likeness (QED) is 0.392. The summed E-state index contributed by atoms with van der Waals surface area (Å²) in [6, 6.07) is 19.4. The zero-order valence-corrected chi connectivity index (χ0v) is 20.8. The molecule has 186 valence electrons. The van der Waals surface area contributed by atoms with Crippen LogP contribution < -0.4 is 15.0 Å². The van der Waals surface area contributed by atoms with E-state index in [0.29, 0.717) is 29.9 Å². The van der Waals surface area contributed by atoms with Gasteiger partial charge in [0.15, 0.2) is 5.54 Å². The maximum absolute atomic E-state index is 13.9. The Bertz CT molecular complexity index is 1570. The van der Waals surface area contributed by atoms with Gasteiger partial charge in [-0.3, -0.25) is 9.59 Å². The van der Waals surface area contributed by atoms with Gasteiger partial charge < -0.3 is 19.9 Å². The number of amides is 4. The van der Waals surface area contributed by atoms with E-state index in [1.165, 1.54) is 4.90 Å². The van der Waals surface area contributed by atoms with E-state index in [0.717, 1.165) is 33.5 Å². The Kier molecular flexibility index (Phi) is 5.08.